The summed E-state index contributed by atoms with van der Waals surface area (Å²) in [6.45, 7) is 0. The highest BCUT2D eigenvalue weighted by atomic mass is 127. The molecule has 4 heteroatoms. The third-order valence-corrected chi connectivity index (χ3v) is 5.26. The van der Waals surface area contributed by atoms with Crippen LogP contribution in [0.15, 0.2) is 24.3 Å². The zero-order chi connectivity index (χ0) is 13.4. The first-order chi connectivity index (χ1) is 8.68. The van der Waals surface area contributed by atoms with Crippen molar-refractivity contribution in [3.8, 4) is 5.75 Å². The summed E-state index contributed by atoms with van der Waals surface area (Å²) in [5, 5.41) is 9.45. The van der Waals surface area contributed by atoms with Crippen LogP contribution >= 0.6 is 67.8 Å². The predicted molar refractivity (Wildman–Crippen MR) is 105 cm³/mol. The van der Waals surface area contributed by atoms with Crippen molar-refractivity contribution >= 4 is 67.8 Å². The van der Waals surface area contributed by atoms with Gasteiger partial charge in [0.05, 0.1) is 0 Å². The lowest BCUT2D eigenvalue weighted by Crippen LogP contribution is -2.27. The maximum Gasteiger partial charge on any atom is 0.115 e. The van der Waals surface area contributed by atoms with Gasteiger partial charge in [0.15, 0.2) is 0 Å². The summed E-state index contributed by atoms with van der Waals surface area (Å²) in [5.74, 6) is 0.366. The van der Waals surface area contributed by atoms with E-state index in [-0.39, 0.29) is 0 Å². The Kier molecular flexibility index (Phi) is 8.82. The number of rotatable bonds is 8. The molecule has 0 atom stereocenters. The van der Waals surface area contributed by atoms with Crippen LogP contribution < -0.4 is 0 Å². The summed E-state index contributed by atoms with van der Waals surface area (Å²) < 4.78 is 3.60. The molecule has 1 nitrogen and oxygen atoms in total. The zero-order valence-corrected chi connectivity index (χ0v) is 16.8. The second-order valence-corrected chi connectivity index (χ2v) is 7.73. The van der Waals surface area contributed by atoms with E-state index in [2.05, 4.69) is 79.9 Å². The number of alkyl halides is 3. The molecule has 1 N–H and O–H groups in total. The van der Waals surface area contributed by atoms with Gasteiger partial charge in [-0.2, -0.15) is 0 Å². The molecule has 1 rings (SSSR count). The first kappa shape index (κ1) is 17.3. The van der Waals surface area contributed by atoms with Crippen molar-refractivity contribution in [1.82, 2.24) is 0 Å². The van der Waals surface area contributed by atoms with Crippen molar-refractivity contribution in [1.29, 1.82) is 0 Å². The number of phenolic OH excluding ortho intramolecular Hbond substituents is 1. The monoisotopic (exact) mass is 584 g/mol. The maximum atomic E-state index is 9.45. The van der Waals surface area contributed by atoms with Crippen LogP contribution in [0.25, 0.3) is 0 Å². The van der Waals surface area contributed by atoms with E-state index in [0.717, 1.165) is 0 Å². The molecule has 0 radical (unpaired) electrons. The number of benzene rings is 1. The van der Waals surface area contributed by atoms with Gasteiger partial charge in [-0.3, -0.25) is 0 Å². The van der Waals surface area contributed by atoms with Gasteiger partial charge < -0.3 is 5.11 Å². The molecule has 1 aromatic carbocycles. The number of hydrogen-bond donors (Lipinski definition) is 1. The van der Waals surface area contributed by atoms with Gasteiger partial charge in [-0.1, -0.05) is 79.9 Å². The molecule has 0 saturated heterocycles. The average molecular weight is 584 g/mol. The molecule has 0 aromatic heterocycles. The van der Waals surface area contributed by atoms with Gasteiger partial charge in [0.25, 0.3) is 0 Å². The molecular formula is C14H19I3O. The van der Waals surface area contributed by atoms with Gasteiger partial charge in [0.2, 0.25) is 0 Å². The third-order valence-electron chi connectivity index (χ3n) is 3.41. The van der Waals surface area contributed by atoms with Crippen LogP contribution in [0.1, 0.15) is 31.2 Å². The summed E-state index contributed by atoms with van der Waals surface area (Å²) in [6, 6.07) is 7.88. The van der Waals surface area contributed by atoms with E-state index in [1.807, 2.05) is 12.1 Å². The van der Waals surface area contributed by atoms with Crippen LogP contribution in [-0.2, 0) is 5.41 Å². The Balaban J connectivity index is 3.01. The fourth-order valence-corrected chi connectivity index (χ4v) is 4.84. The highest BCUT2D eigenvalue weighted by molar-refractivity contribution is 14.1. The van der Waals surface area contributed by atoms with E-state index in [1.165, 1.54) is 44.5 Å². The van der Waals surface area contributed by atoms with Crippen molar-refractivity contribution in [2.75, 3.05) is 13.3 Å². The highest BCUT2D eigenvalue weighted by Gasteiger charge is 2.30. The number of aromatic hydroxyl groups is 1. The minimum Gasteiger partial charge on any atom is -0.508 e. The Morgan fingerprint density at radius 2 is 1.39 bits per heavy atom. The van der Waals surface area contributed by atoms with E-state index in [1.54, 1.807) is 0 Å². The lowest BCUT2D eigenvalue weighted by Gasteiger charge is -2.34. The lowest BCUT2D eigenvalue weighted by molar-refractivity contribution is 0.372. The molecule has 0 saturated carbocycles. The highest BCUT2D eigenvalue weighted by Crippen LogP contribution is 2.38. The summed E-state index contributed by atoms with van der Waals surface area (Å²) in [5.41, 5.74) is 1.71. The second kappa shape index (κ2) is 9.20. The zero-order valence-electron chi connectivity index (χ0n) is 10.3. The van der Waals surface area contributed by atoms with Crippen LogP contribution in [0.2, 0.25) is 0 Å². The standard InChI is InChI=1S/C14H19I3O/c15-9-1-6-14(7-10-16,8-11-17)12-2-4-13(18)5-3-12/h2-5,18H,1,6-11H2. The lowest BCUT2D eigenvalue weighted by atomic mass is 9.73. The quantitative estimate of drug-likeness (QED) is 0.317. The molecule has 1 aromatic rings. The van der Waals surface area contributed by atoms with Gasteiger partial charge in [0.1, 0.15) is 5.75 Å². The minimum atomic E-state index is 0.307. The topological polar surface area (TPSA) is 20.2 Å². The molecule has 0 aliphatic carbocycles. The van der Waals surface area contributed by atoms with Crippen LogP contribution in [0, 0.1) is 0 Å². The number of hydrogen-bond acceptors (Lipinski definition) is 1. The second-order valence-electron chi connectivity index (χ2n) is 4.50. The van der Waals surface area contributed by atoms with Crippen molar-refractivity contribution in [3.63, 3.8) is 0 Å². The predicted octanol–water partition coefficient (Wildman–Crippen LogP) is 5.50. The molecule has 0 spiro atoms. The van der Waals surface area contributed by atoms with E-state index in [4.69, 9.17) is 0 Å². The molecule has 0 heterocycles. The fourth-order valence-electron chi connectivity index (χ4n) is 2.39. The normalized spacial score (nSPS) is 11.7. The van der Waals surface area contributed by atoms with E-state index >= 15 is 0 Å². The van der Waals surface area contributed by atoms with Crippen LogP contribution in [0.4, 0.5) is 0 Å². The molecular weight excluding hydrogens is 565 g/mol. The number of halogens is 3. The Morgan fingerprint density at radius 1 is 0.833 bits per heavy atom. The van der Waals surface area contributed by atoms with Gasteiger partial charge >= 0.3 is 0 Å². The molecule has 0 aliphatic rings. The Bertz CT molecular complexity index is 331. The maximum absolute atomic E-state index is 9.45. The van der Waals surface area contributed by atoms with E-state index in [9.17, 15) is 5.11 Å². The van der Waals surface area contributed by atoms with Gasteiger partial charge in [-0.15, -0.1) is 0 Å². The fraction of sp³-hybridized carbons (Fsp3) is 0.571. The average Bonchev–Trinajstić information content (AvgIpc) is 2.37. The molecule has 0 aliphatic heterocycles. The Hall–Kier alpha value is 1.21. The molecule has 102 valence electrons. The number of phenols is 1. The summed E-state index contributed by atoms with van der Waals surface area (Å²) in [4.78, 5) is 0. The van der Waals surface area contributed by atoms with Crippen LogP contribution in [-0.4, -0.2) is 18.4 Å². The van der Waals surface area contributed by atoms with Crippen molar-refractivity contribution in [3.05, 3.63) is 29.8 Å². The Morgan fingerprint density at radius 3 is 1.83 bits per heavy atom. The van der Waals surface area contributed by atoms with Crippen molar-refractivity contribution in [2.24, 2.45) is 0 Å². The van der Waals surface area contributed by atoms with Crippen molar-refractivity contribution in [2.45, 2.75) is 31.1 Å². The molecule has 0 bridgehead atoms. The Labute approximate surface area is 151 Å². The smallest absolute Gasteiger partial charge is 0.115 e. The third kappa shape index (κ3) is 4.96. The van der Waals surface area contributed by atoms with E-state index in [0.29, 0.717) is 11.2 Å². The summed E-state index contributed by atoms with van der Waals surface area (Å²) >= 11 is 7.43. The van der Waals surface area contributed by atoms with Crippen LogP contribution in [0.5, 0.6) is 5.75 Å². The van der Waals surface area contributed by atoms with Gasteiger partial charge in [-0.25, -0.2) is 0 Å². The van der Waals surface area contributed by atoms with Gasteiger partial charge in [-0.05, 0) is 53.2 Å². The minimum absolute atomic E-state index is 0.307. The largest absolute Gasteiger partial charge is 0.508 e. The van der Waals surface area contributed by atoms with Gasteiger partial charge in [0, 0.05) is 8.86 Å². The summed E-state index contributed by atoms with van der Waals surface area (Å²) in [6.07, 6.45) is 5.00. The first-order valence-corrected chi connectivity index (χ1v) is 10.7. The molecule has 0 fully saturated rings. The molecule has 0 unspecified atom stereocenters. The van der Waals surface area contributed by atoms with E-state index < -0.39 is 0 Å². The molecule has 0 amide bonds. The van der Waals surface area contributed by atoms with Crippen molar-refractivity contribution < 1.29 is 5.11 Å². The first-order valence-electron chi connectivity index (χ1n) is 6.16. The SMILES string of the molecule is Oc1ccc(C(CCI)(CCI)CCCI)cc1. The summed E-state index contributed by atoms with van der Waals surface area (Å²) in [7, 11) is 0. The molecule has 18 heavy (non-hydrogen) atoms. The van der Waals surface area contributed by atoms with Crippen LogP contribution in [0.3, 0.4) is 0 Å².